The number of rotatable bonds is 4. The average molecular weight is 382 g/mol. The molecule has 1 saturated heterocycles. The summed E-state index contributed by atoms with van der Waals surface area (Å²) >= 11 is 0. The maximum atomic E-state index is 12.5. The molecule has 1 aromatic carbocycles. The Morgan fingerprint density at radius 3 is 2.82 bits per heavy atom. The van der Waals surface area contributed by atoms with Crippen LogP contribution in [0.4, 0.5) is 5.82 Å². The van der Waals surface area contributed by atoms with E-state index in [2.05, 4.69) is 10.3 Å². The van der Waals surface area contributed by atoms with Crippen LogP contribution in [0.2, 0.25) is 0 Å². The van der Waals surface area contributed by atoms with Crippen LogP contribution in [0.3, 0.4) is 0 Å². The van der Waals surface area contributed by atoms with E-state index in [0.29, 0.717) is 18.9 Å². The quantitative estimate of drug-likeness (QED) is 0.676. The number of anilines is 1. The molecule has 0 unspecified atom stereocenters. The van der Waals surface area contributed by atoms with E-state index in [4.69, 9.17) is 0 Å². The Morgan fingerprint density at radius 1 is 1.21 bits per heavy atom. The van der Waals surface area contributed by atoms with E-state index in [1.165, 1.54) is 17.7 Å². The number of carbonyl (C=O) groups is 1. The van der Waals surface area contributed by atoms with Gasteiger partial charge in [0, 0.05) is 39.3 Å². The fraction of sp³-hybridized carbons (Fsp3) is 0.368. The zero-order valence-corrected chi connectivity index (χ0v) is 15.8. The van der Waals surface area contributed by atoms with Crippen molar-refractivity contribution < 1.29 is 4.79 Å². The van der Waals surface area contributed by atoms with Crippen molar-refractivity contribution in [3.8, 4) is 0 Å². The molecule has 9 nitrogen and oxygen atoms in total. The van der Waals surface area contributed by atoms with E-state index >= 15 is 0 Å². The Balaban J connectivity index is 1.43. The number of nitrogens with zero attached hydrogens (tertiary/aromatic N) is 5. The first-order valence-corrected chi connectivity index (χ1v) is 9.15. The molecule has 1 amide bonds. The van der Waals surface area contributed by atoms with Crippen LogP contribution in [0.15, 0.2) is 46.2 Å². The van der Waals surface area contributed by atoms with Crippen molar-refractivity contribution in [1.82, 2.24) is 24.0 Å². The minimum absolute atomic E-state index is 0.0403. The van der Waals surface area contributed by atoms with Crippen molar-refractivity contribution in [2.24, 2.45) is 14.1 Å². The van der Waals surface area contributed by atoms with Crippen LogP contribution in [0.1, 0.15) is 6.42 Å². The Morgan fingerprint density at radius 2 is 2.00 bits per heavy atom. The van der Waals surface area contributed by atoms with E-state index in [1.54, 1.807) is 13.4 Å². The van der Waals surface area contributed by atoms with Gasteiger partial charge in [0.05, 0.1) is 17.4 Å². The molecule has 3 heterocycles. The third kappa shape index (κ3) is 3.19. The third-order valence-electron chi connectivity index (χ3n) is 5.22. The predicted octanol–water partition coefficient (Wildman–Crippen LogP) is -0.171. The van der Waals surface area contributed by atoms with E-state index in [1.807, 2.05) is 33.7 Å². The highest BCUT2D eigenvalue weighted by Gasteiger charge is 2.26. The summed E-state index contributed by atoms with van der Waals surface area (Å²) in [5, 5.41) is 3.04. The minimum atomic E-state index is -0.359. The molecule has 3 aromatic rings. The number of hydrogen-bond acceptors (Lipinski definition) is 5. The van der Waals surface area contributed by atoms with Crippen LogP contribution in [0.5, 0.6) is 0 Å². The number of para-hydroxylation sites is 2. The Bertz CT molecular complexity index is 1160. The molecule has 4 rings (SSSR count). The Labute approximate surface area is 160 Å². The van der Waals surface area contributed by atoms with Gasteiger partial charge in [-0.25, -0.2) is 9.78 Å². The minimum Gasteiger partial charge on any atom is -0.356 e. The van der Waals surface area contributed by atoms with Gasteiger partial charge in [-0.15, -0.1) is 0 Å². The lowest BCUT2D eigenvalue weighted by atomic mass is 10.2. The van der Waals surface area contributed by atoms with E-state index in [0.717, 1.165) is 22.0 Å². The van der Waals surface area contributed by atoms with E-state index in [9.17, 15) is 14.4 Å². The molecule has 0 aliphatic carbocycles. The molecule has 1 aliphatic heterocycles. The topological polar surface area (TPSA) is 94.2 Å². The summed E-state index contributed by atoms with van der Waals surface area (Å²) in [7, 11) is 3.11. The van der Waals surface area contributed by atoms with Crippen LogP contribution < -0.4 is 21.5 Å². The van der Waals surface area contributed by atoms with E-state index in [-0.39, 0.29) is 29.7 Å². The maximum Gasteiger partial charge on any atom is 0.332 e. The molecule has 1 aliphatic rings. The van der Waals surface area contributed by atoms with Crippen LogP contribution in [-0.4, -0.2) is 43.7 Å². The highest BCUT2D eigenvalue weighted by atomic mass is 16.2. The lowest BCUT2D eigenvalue weighted by Gasteiger charge is -2.21. The number of benzene rings is 1. The normalized spacial score (nSPS) is 16.6. The Hall–Kier alpha value is -3.36. The smallest absolute Gasteiger partial charge is 0.332 e. The first-order chi connectivity index (χ1) is 13.4. The molecule has 1 fully saturated rings. The van der Waals surface area contributed by atoms with Gasteiger partial charge in [-0.2, -0.15) is 0 Å². The summed E-state index contributed by atoms with van der Waals surface area (Å²) in [6.45, 7) is 1.41. The van der Waals surface area contributed by atoms with Gasteiger partial charge in [0.1, 0.15) is 12.4 Å². The molecule has 28 heavy (non-hydrogen) atoms. The number of aromatic nitrogens is 4. The fourth-order valence-corrected chi connectivity index (χ4v) is 3.68. The SMILES string of the molecule is Cn1c(N2CC[C@@H](NC(=O)Cn3cnc4ccccc43)C2)cc(=O)n(C)c1=O. The van der Waals surface area contributed by atoms with Crippen molar-refractivity contribution in [3.05, 3.63) is 57.5 Å². The van der Waals surface area contributed by atoms with Gasteiger partial charge >= 0.3 is 5.69 Å². The second-order valence-corrected chi connectivity index (χ2v) is 7.10. The number of hydrogen-bond donors (Lipinski definition) is 1. The summed E-state index contributed by atoms with van der Waals surface area (Å²) < 4.78 is 4.36. The summed E-state index contributed by atoms with van der Waals surface area (Å²) in [6, 6.07) is 9.10. The van der Waals surface area contributed by atoms with E-state index < -0.39 is 0 Å². The molecule has 0 radical (unpaired) electrons. The predicted molar refractivity (Wildman–Crippen MR) is 105 cm³/mol. The molecule has 146 valence electrons. The molecule has 0 saturated carbocycles. The summed E-state index contributed by atoms with van der Waals surface area (Å²) in [5.74, 6) is 0.485. The number of nitrogens with one attached hydrogen (secondary N) is 1. The van der Waals surface area contributed by atoms with Crippen molar-refractivity contribution in [2.75, 3.05) is 18.0 Å². The van der Waals surface area contributed by atoms with Gasteiger partial charge in [-0.3, -0.25) is 18.7 Å². The largest absolute Gasteiger partial charge is 0.356 e. The average Bonchev–Trinajstić information content (AvgIpc) is 3.30. The van der Waals surface area contributed by atoms with Gasteiger partial charge in [0.25, 0.3) is 5.56 Å². The number of carbonyl (C=O) groups excluding carboxylic acids is 1. The van der Waals surface area contributed by atoms with Crippen LogP contribution in [0, 0.1) is 0 Å². The number of amides is 1. The van der Waals surface area contributed by atoms with Crippen LogP contribution in [-0.2, 0) is 25.4 Å². The van der Waals surface area contributed by atoms with Crippen molar-refractivity contribution >= 4 is 22.8 Å². The van der Waals surface area contributed by atoms with Crippen LogP contribution >= 0.6 is 0 Å². The first kappa shape index (κ1) is 18.0. The molecular weight excluding hydrogens is 360 g/mol. The molecular formula is C19H22N6O3. The highest BCUT2D eigenvalue weighted by molar-refractivity contribution is 5.80. The van der Waals surface area contributed by atoms with Gasteiger partial charge in [0.15, 0.2) is 0 Å². The van der Waals surface area contributed by atoms with Gasteiger partial charge in [0.2, 0.25) is 5.91 Å². The second kappa shape index (κ2) is 6.99. The van der Waals surface area contributed by atoms with Gasteiger partial charge in [-0.05, 0) is 18.6 Å². The number of fused-ring (bicyclic) bond motifs is 1. The lowest BCUT2D eigenvalue weighted by molar-refractivity contribution is -0.122. The summed E-state index contributed by atoms with van der Waals surface area (Å²) in [4.78, 5) is 42.8. The third-order valence-corrected chi connectivity index (χ3v) is 5.22. The Kier molecular flexibility index (Phi) is 4.50. The molecule has 0 bridgehead atoms. The standard InChI is InChI=1S/C19H22N6O3/c1-22-17(9-18(27)23(2)19(22)28)24-8-7-13(10-24)21-16(26)11-25-12-20-14-5-3-4-6-15(14)25/h3-6,9,12-13H,7-8,10-11H2,1-2H3,(H,21,26)/t13-/m1/s1. The van der Waals surface area contributed by atoms with Crippen molar-refractivity contribution in [3.63, 3.8) is 0 Å². The zero-order valence-electron chi connectivity index (χ0n) is 15.8. The first-order valence-electron chi connectivity index (χ1n) is 9.15. The lowest BCUT2D eigenvalue weighted by Crippen LogP contribution is -2.42. The molecule has 1 N–H and O–H groups in total. The summed E-state index contributed by atoms with van der Waals surface area (Å²) in [5.41, 5.74) is 1.08. The maximum absolute atomic E-state index is 12.5. The molecule has 0 spiro atoms. The molecule has 1 atom stereocenters. The van der Waals surface area contributed by atoms with Gasteiger partial charge in [-0.1, -0.05) is 12.1 Å². The number of imidazole rings is 1. The molecule has 9 heteroatoms. The highest BCUT2D eigenvalue weighted by Crippen LogP contribution is 2.17. The molecule has 2 aromatic heterocycles. The summed E-state index contributed by atoms with van der Waals surface area (Å²) in [6.07, 6.45) is 2.42. The monoisotopic (exact) mass is 382 g/mol. The van der Waals surface area contributed by atoms with Gasteiger partial charge < -0.3 is 14.8 Å². The van der Waals surface area contributed by atoms with Crippen molar-refractivity contribution in [1.29, 1.82) is 0 Å². The van der Waals surface area contributed by atoms with Crippen molar-refractivity contribution in [2.45, 2.75) is 19.0 Å². The second-order valence-electron chi connectivity index (χ2n) is 7.10. The van der Waals surface area contributed by atoms with Crippen LogP contribution in [0.25, 0.3) is 11.0 Å². The zero-order chi connectivity index (χ0) is 19.8. The fourth-order valence-electron chi connectivity index (χ4n) is 3.68.